The molecule has 0 unspecified atom stereocenters. The maximum Gasteiger partial charge on any atom is 0.0387 e. The molecule has 0 spiro atoms. The van der Waals surface area contributed by atoms with Gasteiger partial charge in [-0.3, -0.25) is 4.98 Å². The first kappa shape index (κ1) is 11.9. The van der Waals surface area contributed by atoms with Crippen molar-refractivity contribution in [3.63, 3.8) is 0 Å². The lowest BCUT2D eigenvalue weighted by molar-refractivity contribution is 1.20. The minimum Gasteiger partial charge on any atom is -0.261 e. The summed E-state index contributed by atoms with van der Waals surface area (Å²) in [5, 5.41) is 2.12. The van der Waals surface area contributed by atoms with Crippen molar-refractivity contribution in [1.29, 1.82) is 0 Å². The number of thiophene rings is 1. The highest BCUT2D eigenvalue weighted by atomic mass is 32.1. The van der Waals surface area contributed by atoms with Crippen molar-refractivity contribution in [2.75, 3.05) is 0 Å². The summed E-state index contributed by atoms with van der Waals surface area (Å²) in [6, 6.07) is 6.31. The molecule has 2 heteroatoms. The number of hydrogen-bond acceptors (Lipinski definition) is 2. The van der Waals surface area contributed by atoms with E-state index in [-0.39, 0.29) is 0 Å². The highest BCUT2D eigenvalue weighted by molar-refractivity contribution is 7.13. The number of aryl methyl sites for hydroxylation is 2. The largest absolute Gasteiger partial charge is 0.261 e. The van der Waals surface area contributed by atoms with Crippen molar-refractivity contribution in [1.82, 2.24) is 4.98 Å². The second-order valence-corrected chi connectivity index (χ2v) is 4.04. The number of rotatable bonds is 1. The standard InChI is InChI=1S/C11H11NS.C2H6/c1-8-5-6-13-11(8)10-4-3-9(2)12-7-10;1-2/h3-7H,1-2H3;1-2H3. The predicted molar refractivity (Wildman–Crippen MR) is 68.4 cm³/mol. The summed E-state index contributed by atoms with van der Waals surface area (Å²) in [4.78, 5) is 5.61. The molecule has 2 aromatic rings. The van der Waals surface area contributed by atoms with Gasteiger partial charge in [-0.2, -0.15) is 0 Å². The lowest BCUT2D eigenvalue weighted by Gasteiger charge is -1.99. The molecule has 0 aliphatic rings. The normalized spacial score (nSPS) is 9.33. The molecule has 0 amide bonds. The number of hydrogen-bond donors (Lipinski definition) is 0. The third-order valence-corrected chi connectivity index (χ3v) is 3.10. The molecule has 15 heavy (non-hydrogen) atoms. The molecule has 0 N–H and O–H groups in total. The molecular formula is C13H17NS. The van der Waals surface area contributed by atoms with Gasteiger partial charge >= 0.3 is 0 Å². The van der Waals surface area contributed by atoms with E-state index in [1.165, 1.54) is 16.0 Å². The second kappa shape index (κ2) is 5.66. The zero-order chi connectivity index (χ0) is 11.3. The zero-order valence-electron chi connectivity index (χ0n) is 9.74. The van der Waals surface area contributed by atoms with Gasteiger partial charge in [-0.25, -0.2) is 0 Å². The molecule has 0 bridgehead atoms. The molecule has 1 nitrogen and oxygen atoms in total. The van der Waals surface area contributed by atoms with Crippen LogP contribution in [0.3, 0.4) is 0 Å². The molecule has 80 valence electrons. The van der Waals surface area contributed by atoms with E-state index in [4.69, 9.17) is 0 Å². The average molecular weight is 219 g/mol. The summed E-state index contributed by atoms with van der Waals surface area (Å²) in [5.41, 5.74) is 3.62. The Morgan fingerprint density at radius 3 is 2.27 bits per heavy atom. The van der Waals surface area contributed by atoms with Gasteiger partial charge in [0, 0.05) is 22.3 Å². The van der Waals surface area contributed by atoms with Crippen LogP contribution in [0.15, 0.2) is 29.8 Å². The van der Waals surface area contributed by atoms with Crippen molar-refractivity contribution in [3.05, 3.63) is 41.0 Å². The van der Waals surface area contributed by atoms with Crippen LogP contribution in [0, 0.1) is 13.8 Å². The van der Waals surface area contributed by atoms with Gasteiger partial charge < -0.3 is 0 Å². The Bertz CT molecular complexity index is 401. The van der Waals surface area contributed by atoms with Crippen LogP contribution in [0.25, 0.3) is 10.4 Å². The smallest absolute Gasteiger partial charge is 0.0387 e. The van der Waals surface area contributed by atoms with E-state index in [2.05, 4.69) is 35.5 Å². The molecule has 0 radical (unpaired) electrons. The molecule has 0 aromatic carbocycles. The highest BCUT2D eigenvalue weighted by Crippen LogP contribution is 2.28. The van der Waals surface area contributed by atoms with Gasteiger partial charge in [-0.15, -0.1) is 11.3 Å². The Morgan fingerprint density at radius 2 is 1.80 bits per heavy atom. The van der Waals surface area contributed by atoms with E-state index >= 15 is 0 Å². The molecule has 2 rings (SSSR count). The maximum atomic E-state index is 4.28. The van der Waals surface area contributed by atoms with Crippen LogP contribution >= 0.6 is 11.3 Å². The molecule has 0 fully saturated rings. The lowest BCUT2D eigenvalue weighted by Crippen LogP contribution is -1.81. The number of pyridine rings is 1. The average Bonchev–Trinajstić information content (AvgIpc) is 2.69. The Hall–Kier alpha value is -1.15. The Labute approximate surface area is 95.8 Å². The van der Waals surface area contributed by atoms with Crippen molar-refractivity contribution in [2.24, 2.45) is 0 Å². The van der Waals surface area contributed by atoms with Crippen LogP contribution < -0.4 is 0 Å². The van der Waals surface area contributed by atoms with Crippen molar-refractivity contribution < 1.29 is 0 Å². The minimum atomic E-state index is 1.07. The van der Waals surface area contributed by atoms with Gasteiger partial charge in [0.25, 0.3) is 0 Å². The van der Waals surface area contributed by atoms with Crippen LogP contribution in [-0.2, 0) is 0 Å². The van der Waals surface area contributed by atoms with Crippen molar-refractivity contribution in [2.45, 2.75) is 27.7 Å². The fraction of sp³-hybridized carbons (Fsp3) is 0.308. The summed E-state index contributed by atoms with van der Waals surface area (Å²) in [7, 11) is 0. The molecule has 0 saturated carbocycles. The third-order valence-electron chi connectivity index (χ3n) is 2.04. The molecule has 0 saturated heterocycles. The van der Waals surface area contributed by atoms with Gasteiger partial charge in [0.15, 0.2) is 0 Å². The van der Waals surface area contributed by atoms with Crippen LogP contribution in [0.4, 0.5) is 0 Å². The highest BCUT2D eigenvalue weighted by Gasteiger charge is 2.02. The van der Waals surface area contributed by atoms with Crippen molar-refractivity contribution >= 4 is 11.3 Å². The van der Waals surface area contributed by atoms with E-state index in [1.807, 2.05) is 27.0 Å². The molecule has 2 heterocycles. The van der Waals surface area contributed by atoms with E-state index in [9.17, 15) is 0 Å². The van der Waals surface area contributed by atoms with Crippen molar-refractivity contribution in [3.8, 4) is 10.4 Å². The van der Waals surface area contributed by atoms with E-state index < -0.39 is 0 Å². The van der Waals surface area contributed by atoms with Gasteiger partial charge in [-0.1, -0.05) is 19.9 Å². The van der Waals surface area contributed by atoms with Crippen LogP contribution in [0.1, 0.15) is 25.1 Å². The zero-order valence-corrected chi connectivity index (χ0v) is 10.6. The Kier molecular flexibility index (Phi) is 4.50. The summed E-state index contributed by atoms with van der Waals surface area (Å²) < 4.78 is 0. The first-order valence-electron chi connectivity index (χ1n) is 5.24. The molecule has 0 aliphatic carbocycles. The summed E-state index contributed by atoms with van der Waals surface area (Å²) >= 11 is 1.77. The topological polar surface area (TPSA) is 12.9 Å². The minimum absolute atomic E-state index is 1.07. The van der Waals surface area contributed by atoms with Gasteiger partial charge in [0.2, 0.25) is 0 Å². The first-order chi connectivity index (χ1) is 7.27. The quantitative estimate of drug-likeness (QED) is 0.690. The fourth-order valence-electron chi connectivity index (χ4n) is 1.27. The predicted octanol–water partition coefficient (Wildman–Crippen LogP) is 4.45. The monoisotopic (exact) mass is 219 g/mol. The van der Waals surface area contributed by atoms with E-state index in [0.29, 0.717) is 0 Å². The third kappa shape index (κ3) is 2.90. The van der Waals surface area contributed by atoms with E-state index in [1.54, 1.807) is 11.3 Å². The molecule has 0 aliphatic heterocycles. The maximum absolute atomic E-state index is 4.28. The van der Waals surface area contributed by atoms with E-state index in [0.717, 1.165) is 5.69 Å². The first-order valence-corrected chi connectivity index (χ1v) is 6.12. The van der Waals surface area contributed by atoms with Crippen LogP contribution in [0.5, 0.6) is 0 Å². The molecule has 2 aromatic heterocycles. The Balaban J connectivity index is 0.000000531. The summed E-state index contributed by atoms with van der Waals surface area (Å²) in [6.07, 6.45) is 1.94. The summed E-state index contributed by atoms with van der Waals surface area (Å²) in [6.45, 7) is 8.14. The molecule has 0 atom stereocenters. The number of aromatic nitrogens is 1. The van der Waals surface area contributed by atoms with Gasteiger partial charge in [-0.05, 0) is 36.9 Å². The van der Waals surface area contributed by atoms with Gasteiger partial charge in [0.05, 0.1) is 0 Å². The van der Waals surface area contributed by atoms with Crippen LogP contribution in [-0.4, -0.2) is 4.98 Å². The molecular weight excluding hydrogens is 202 g/mol. The SMILES string of the molecule is CC.Cc1ccc(-c2sccc2C)cn1. The second-order valence-electron chi connectivity index (χ2n) is 3.12. The lowest BCUT2D eigenvalue weighted by atomic mass is 10.1. The summed E-state index contributed by atoms with van der Waals surface area (Å²) in [5.74, 6) is 0. The van der Waals surface area contributed by atoms with Crippen LogP contribution in [0.2, 0.25) is 0 Å². The fourth-order valence-corrected chi connectivity index (χ4v) is 2.19. The van der Waals surface area contributed by atoms with Gasteiger partial charge in [0.1, 0.15) is 0 Å². The Morgan fingerprint density at radius 1 is 1.07 bits per heavy atom. The number of nitrogens with zero attached hydrogens (tertiary/aromatic N) is 1.